The second-order valence-electron chi connectivity index (χ2n) is 8.33. The third-order valence-electron chi connectivity index (χ3n) is 5.60. The zero-order valence-corrected chi connectivity index (χ0v) is 20.0. The molecule has 0 aliphatic heterocycles. The van der Waals surface area contributed by atoms with E-state index in [4.69, 9.17) is 9.15 Å². The molecule has 35 heavy (non-hydrogen) atoms. The van der Waals surface area contributed by atoms with Gasteiger partial charge in [0.2, 0.25) is 11.8 Å². The molecule has 1 N–H and O–H groups in total. The highest BCUT2D eigenvalue weighted by molar-refractivity contribution is 5.89. The summed E-state index contributed by atoms with van der Waals surface area (Å²) >= 11 is 0. The minimum absolute atomic E-state index is 0.0440. The molecule has 0 radical (unpaired) electrons. The highest BCUT2D eigenvalue weighted by atomic mass is 16.5. The Bertz CT molecular complexity index is 1260. The number of rotatable bonds is 10. The molecule has 2 aromatic heterocycles. The van der Waals surface area contributed by atoms with E-state index >= 15 is 0 Å². The standard InChI is InChI=1S/C26H29N5O4/c1-4-34-20-13-11-19(12-14-20)25(26(33)27-16-21-8-7-15-35-21)31(18(2)3)24(32)17-30-23-10-6-5-9-22(23)28-29-30/h5-15,18,25H,4,16-17H2,1-3H3,(H,27,33)/t25-/m0/s1. The molecule has 182 valence electrons. The number of hydrogen-bond donors (Lipinski definition) is 1. The van der Waals surface area contributed by atoms with Gasteiger partial charge in [0.25, 0.3) is 0 Å². The topological polar surface area (TPSA) is 102 Å². The van der Waals surface area contributed by atoms with Crippen LogP contribution in [0.3, 0.4) is 0 Å². The van der Waals surface area contributed by atoms with Crippen molar-refractivity contribution in [3.05, 3.63) is 78.3 Å². The van der Waals surface area contributed by atoms with Gasteiger partial charge in [0.1, 0.15) is 29.6 Å². The van der Waals surface area contributed by atoms with Crippen LogP contribution in [0.2, 0.25) is 0 Å². The van der Waals surface area contributed by atoms with Gasteiger partial charge >= 0.3 is 0 Å². The number of para-hydroxylation sites is 1. The van der Waals surface area contributed by atoms with Gasteiger partial charge in [-0.1, -0.05) is 29.5 Å². The number of nitrogens with zero attached hydrogens (tertiary/aromatic N) is 4. The van der Waals surface area contributed by atoms with Crippen molar-refractivity contribution in [1.82, 2.24) is 25.2 Å². The maximum atomic E-state index is 13.6. The predicted molar refractivity (Wildman–Crippen MR) is 130 cm³/mol. The summed E-state index contributed by atoms with van der Waals surface area (Å²) in [5.74, 6) is 0.765. The van der Waals surface area contributed by atoms with Crippen molar-refractivity contribution < 1.29 is 18.7 Å². The van der Waals surface area contributed by atoms with E-state index in [1.807, 2.05) is 57.2 Å². The molecular weight excluding hydrogens is 446 g/mol. The Morgan fingerprint density at radius 2 is 1.86 bits per heavy atom. The van der Waals surface area contributed by atoms with Gasteiger partial charge in [-0.25, -0.2) is 4.68 Å². The fourth-order valence-corrected chi connectivity index (χ4v) is 4.01. The number of carbonyl (C=O) groups is 2. The maximum absolute atomic E-state index is 13.6. The molecule has 2 amide bonds. The molecule has 9 heteroatoms. The van der Waals surface area contributed by atoms with Crippen LogP contribution in [0.1, 0.15) is 38.1 Å². The molecule has 0 aliphatic carbocycles. The molecule has 0 aliphatic rings. The quantitative estimate of drug-likeness (QED) is 0.375. The molecule has 2 heterocycles. The molecule has 0 saturated carbocycles. The van der Waals surface area contributed by atoms with E-state index in [0.29, 0.717) is 29.2 Å². The van der Waals surface area contributed by atoms with E-state index < -0.39 is 6.04 Å². The lowest BCUT2D eigenvalue weighted by molar-refractivity contribution is -0.143. The Morgan fingerprint density at radius 3 is 2.54 bits per heavy atom. The van der Waals surface area contributed by atoms with E-state index in [0.717, 1.165) is 5.52 Å². The maximum Gasteiger partial charge on any atom is 0.247 e. The lowest BCUT2D eigenvalue weighted by atomic mass is 10.0. The number of benzene rings is 2. The van der Waals surface area contributed by atoms with E-state index in [-0.39, 0.29) is 30.9 Å². The highest BCUT2D eigenvalue weighted by Crippen LogP contribution is 2.27. The first-order valence-corrected chi connectivity index (χ1v) is 11.6. The zero-order valence-electron chi connectivity index (χ0n) is 20.0. The number of carbonyl (C=O) groups excluding carboxylic acids is 2. The minimum atomic E-state index is -0.858. The van der Waals surface area contributed by atoms with Crippen LogP contribution in [-0.2, 0) is 22.7 Å². The number of furan rings is 1. The number of amides is 2. The van der Waals surface area contributed by atoms with Gasteiger partial charge in [-0.2, -0.15) is 0 Å². The molecule has 9 nitrogen and oxygen atoms in total. The molecule has 0 unspecified atom stereocenters. The number of ether oxygens (including phenoxy) is 1. The van der Waals surface area contributed by atoms with Crippen LogP contribution in [-0.4, -0.2) is 44.4 Å². The van der Waals surface area contributed by atoms with Crippen LogP contribution < -0.4 is 10.1 Å². The van der Waals surface area contributed by atoms with Gasteiger partial charge in [-0.3, -0.25) is 9.59 Å². The minimum Gasteiger partial charge on any atom is -0.494 e. The summed E-state index contributed by atoms with van der Waals surface area (Å²) in [6, 6.07) is 17.1. The summed E-state index contributed by atoms with van der Waals surface area (Å²) in [7, 11) is 0. The molecular formula is C26H29N5O4. The van der Waals surface area contributed by atoms with Crippen molar-refractivity contribution in [3.8, 4) is 5.75 Å². The molecule has 0 spiro atoms. The smallest absolute Gasteiger partial charge is 0.247 e. The van der Waals surface area contributed by atoms with Crippen molar-refractivity contribution >= 4 is 22.8 Å². The van der Waals surface area contributed by atoms with Crippen molar-refractivity contribution in [1.29, 1.82) is 0 Å². The largest absolute Gasteiger partial charge is 0.494 e. The Labute approximate surface area is 203 Å². The first-order valence-electron chi connectivity index (χ1n) is 11.6. The first-order chi connectivity index (χ1) is 17.0. The third kappa shape index (κ3) is 5.51. The second kappa shape index (κ2) is 10.9. The van der Waals surface area contributed by atoms with Crippen LogP contribution in [0.5, 0.6) is 5.75 Å². The second-order valence-corrected chi connectivity index (χ2v) is 8.33. The van der Waals surface area contributed by atoms with Gasteiger partial charge < -0.3 is 19.4 Å². The molecule has 0 bridgehead atoms. The third-order valence-corrected chi connectivity index (χ3v) is 5.60. The van der Waals surface area contributed by atoms with E-state index in [1.165, 1.54) is 0 Å². The monoisotopic (exact) mass is 475 g/mol. The molecule has 0 saturated heterocycles. The number of hydrogen-bond acceptors (Lipinski definition) is 6. The average molecular weight is 476 g/mol. The summed E-state index contributed by atoms with van der Waals surface area (Å²) in [6.07, 6.45) is 1.55. The molecule has 4 aromatic rings. The Kier molecular flexibility index (Phi) is 7.45. The Morgan fingerprint density at radius 1 is 1.09 bits per heavy atom. The summed E-state index contributed by atoms with van der Waals surface area (Å²) in [5.41, 5.74) is 2.14. The highest BCUT2D eigenvalue weighted by Gasteiger charge is 2.33. The fourth-order valence-electron chi connectivity index (χ4n) is 4.01. The van der Waals surface area contributed by atoms with Crippen LogP contribution in [0.15, 0.2) is 71.3 Å². The Balaban J connectivity index is 1.64. The van der Waals surface area contributed by atoms with E-state index in [9.17, 15) is 9.59 Å². The normalized spacial score (nSPS) is 12.0. The van der Waals surface area contributed by atoms with Crippen LogP contribution in [0.25, 0.3) is 11.0 Å². The molecule has 4 rings (SSSR count). The predicted octanol–water partition coefficient (Wildman–Crippen LogP) is 3.72. The summed E-state index contributed by atoms with van der Waals surface area (Å²) in [6.45, 7) is 6.39. The number of aromatic nitrogens is 3. The van der Waals surface area contributed by atoms with Gasteiger partial charge in [0, 0.05) is 6.04 Å². The fraction of sp³-hybridized carbons (Fsp3) is 0.308. The molecule has 2 aromatic carbocycles. The van der Waals surface area contributed by atoms with Crippen LogP contribution in [0, 0.1) is 0 Å². The van der Waals surface area contributed by atoms with Gasteiger partial charge in [0.05, 0.1) is 24.9 Å². The number of fused-ring (bicyclic) bond motifs is 1. The van der Waals surface area contributed by atoms with Crippen molar-refractivity contribution in [2.24, 2.45) is 0 Å². The first kappa shape index (κ1) is 24.0. The number of nitrogens with one attached hydrogen (secondary N) is 1. The Hall–Kier alpha value is -4.14. The average Bonchev–Trinajstić information content (AvgIpc) is 3.52. The van der Waals surface area contributed by atoms with Gasteiger partial charge in [0.15, 0.2) is 0 Å². The lowest BCUT2D eigenvalue weighted by Crippen LogP contribution is -2.48. The van der Waals surface area contributed by atoms with Gasteiger partial charge in [-0.05, 0) is 62.7 Å². The molecule has 0 fully saturated rings. The van der Waals surface area contributed by atoms with E-state index in [1.54, 1.807) is 40.1 Å². The van der Waals surface area contributed by atoms with Crippen molar-refractivity contribution in [3.63, 3.8) is 0 Å². The van der Waals surface area contributed by atoms with Gasteiger partial charge in [-0.15, -0.1) is 5.10 Å². The molecule has 1 atom stereocenters. The van der Waals surface area contributed by atoms with E-state index in [2.05, 4.69) is 15.6 Å². The van der Waals surface area contributed by atoms with Crippen molar-refractivity contribution in [2.75, 3.05) is 6.61 Å². The van der Waals surface area contributed by atoms with Crippen molar-refractivity contribution in [2.45, 2.75) is 45.9 Å². The summed E-state index contributed by atoms with van der Waals surface area (Å²) in [4.78, 5) is 28.7. The zero-order chi connectivity index (χ0) is 24.8. The summed E-state index contributed by atoms with van der Waals surface area (Å²) in [5, 5.41) is 11.2. The van der Waals surface area contributed by atoms with Crippen LogP contribution >= 0.6 is 0 Å². The lowest BCUT2D eigenvalue weighted by Gasteiger charge is -2.34. The van der Waals surface area contributed by atoms with Crippen LogP contribution in [0.4, 0.5) is 0 Å². The summed E-state index contributed by atoms with van der Waals surface area (Å²) < 4.78 is 12.5. The SMILES string of the molecule is CCOc1ccc([C@@H](C(=O)NCc2ccco2)N(C(=O)Cn2nnc3ccccc32)C(C)C)cc1.